The molecule has 7 heteroatoms. The summed E-state index contributed by atoms with van der Waals surface area (Å²) in [7, 11) is 0. The summed E-state index contributed by atoms with van der Waals surface area (Å²) in [4.78, 5) is 23.3. The average molecular weight is 396 g/mol. The first-order valence-electron chi connectivity index (χ1n) is 5.21. The van der Waals surface area contributed by atoms with Gasteiger partial charge >= 0.3 is 0 Å². The Labute approximate surface area is 127 Å². The van der Waals surface area contributed by atoms with Crippen LogP contribution in [-0.4, -0.2) is 15.0 Å². The van der Waals surface area contributed by atoms with Crippen molar-refractivity contribution in [1.82, 2.24) is 15.0 Å². The molecule has 0 saturated carbocycles. The highest BCUT2D eigenvalue weighted by molar-refractivity contribution is 14.1. The fraction of sp³-hybridized carbons (Fsp3) is 0.364. The molecule has 0 unspecified atom stereocenters. The third kappa shape index (κ3) is 2.75. The van der Waals surface area contributed by atoms with Gasteiger partial charge < -0.3 is 4.98 Å². The van der Waals surface area contributed by atoms with Crippen LogP contribution in [0.1, 0.15) is 26.5 Å². The van der Waals surface area contributed by atoms with E-state index in [2.05, 4.69) is 15.0 Å². The Morgan fingerprint density at radius 3 is 2.61 bits per heavy atom. The van der Waals surface area contributed by atoms with Gasteiger partial charge in [-0.15, -0.1) is 0 Å². The Kier molecular flexibility index (Phi) is 3.80. The summed E-state index contributed by atoms with van der Waals surface area (Å²) in [5.74, 6) is 0.474. The lowest BCUT2D eigenvalue weighted by Crippen LogP contribution is -2.24. The summed E-state index contributed by atoms with van der Waals surface area (Å²) in [6.07, 6.45) is 1.55. The van der Waals surface area contributed by atoms with Crippen LogP contribution in [0.3, 0.4) is 0 Å². The summed E-state index contributed by atoms with van der Waals surface area (Å²) < 4.78 is 1.19. The van der Waals surface area contributed by atoms with Crippen LogP contribution in [0.25, 0.3) is 10.8 Å². The zero-order valence-corrected chi connectivity index (χ0v) is 13.8. The maximum atomic E-state index is 11.9. The number of hydrogen-bond acceptors (Lipinski definition) is 4. The van der Waals surface area contributed by atoms with Gasteiger partial charge in [0.1, 0.15) is 7.91 Å². The van der Waals surface area contributed by atoms with Crippen LogP contribution in [0.15, 0.2) is 11.0 Å². The fourth-order valence-electron chi connectivity index (χ4n) is 1.42. The van der Waals surface area contributed by atoms with E-state index in [1.165, 1.54) is 11.3 Å². The second-order valence-corrected chi connectivity index (χ2v) is 7.54. The monoisotopic (exact) mass is 395 g/mol. The Hall–Kier alpha value is -0.470. The Bertz CT molecular complexity index is 644. The SMILES string of the molecule is CC(C)(C)c1nc(-c2ncc(Cl)s2)[nH]c(=O)c1I. The minimum absolute atomic E-state index is 0.142. The molecule has 96 valence electrons. The minimum atomic E-state index is -0.194. The number of halogens is 2. The van der Waals surface area contributed by atoms with Crippen LogP contribution in [0, 0.1) is 3.57 Å². The predicted molar refractivity (Wildman–Crippen MR) is 82.4 cm³/mol. The van der Waals surface area contributed by atoms with Gasteiger partial charge in [0.05, 0.1) is 11.9 Å². The van der Waals surface area contributed by atoms with Crippen LogP contribution in [0.2, 0.25) is 4.34 Å². The van der Waals surface area contributed by atoms with E-state index in [4.69, 9.17) is 11.6 Å². The van der Waals surface area contributed by atoms with Crippen LogP contribution >= 0.6 is 45.5 Å². The quantitative estimate of drug-likeness (QED) is 0.753. The molecule has 0 atom stereocenters. The Morgan fingerprint density at radius 2 is 2.11 bits per heavy atom. The zero-order chi connectivity index (χ0) is 13.5. The molecule has 18 heavy (non-hydrogen) atoms. The second kappa shape index (κ2) is 4.90. The van der Waals surface area contributed by atoms with Crippen molar-refractivity contribution in [2.45, 2.75) is 26.2 Å². The second-order valence-electron chi connectivity index (χ2n) is 4.80. The van der Waals surface area contributed by atoms with E-state index in [9.17, 15) is 4.79 Å². The summed E-state index contributed by atoms with van der Waals surface area (Å²) >= 11 is 9.16. The molecular formula is C11H11ClIN3OS. The summed E-state index contributed by atoms with van der Waals surface area (Å²) in [6.45, 7) is 6.07. The third-order valence-electron chi connectivity index (χ3n) is 2.25. The van der Waals surface area contributed by atoms with Gasteiger partial charge in [-0.1, -0.05) is 43.7 Å². The van der Waals surface area contributed by atoms with E-state index in [0.717, 1.165) is 5.69 Å². The van der Waals surface area contributed by atoms with Gasteiger partial charge in [0.15, 0.2) is 10.8 Å². The largest absolute Gasteiger partial charge is 0.304 e. The lowest BCUT2D eigenvalue weighted by atomic mass is 9.92. The maximum absolute atomic E-state index is 11.9. The number of aromatic nitrogens is 3. The summed E-state index contributed by atoms with van der Waals surface area (Å²) in [6, 6.07) is 0. The molecule has 0 aromatic carbocycles. The number of nitrogens with zero attached hydrogens (tertiary/aromatic N) is 2. The van der Waals surface area contributed by atoms with Crippen LogP contribution in [0.5, 0.6) is 0 Å². The Morgan fingerprint density at radius 1 is 1.44 bits per heavy atom. The van der Waals surface area contributed by atoms with Gasteiger partial charge in [0.25, 0.3) is 5.56 Å². The van der Waals surface area contributed by atoms with Gasteiger partial charge in [-0.05, 0) is 22.6 Å². The van der Waals surface area contributed by atoms with E-state index in [0.29, 0.717) is 18.7 Å². The van der Waals surface area contributed by atoms with Crippen LogP contribution in [-0.2, 0) is 5.41 Å². The van der Waals surface area contributed by atoms with Crippen molar-refractivity contribution >= 4 is 45.5 Å². The number of nitrogens with one attached hydrogen (secondary N) is 1. The molecular weight excluding hydrogens is 385 g/mol. The Balaban J connectivity index is 2.65. The smallest absolute Gasteiger partial charge is 0.264 e. The molecule has 2 aromatic heterocycles. The topological polar surface area (TPSA) is 58.6 Å². The van der Waals surface area contributed by atoms with Gasteiger partial charge in [-0.3, -0.25) is 4.79 Å². The third-order valence-corrected chi connectivity index (χ3v) is 4.38. The number of aromatic amines is 1. The first-order chi connectivity index (χ1) is 8.29. The highest BCUT2D eigenvalue weighted by Gasteiger charge is 2.22. The van der Waals surface area contributed by atoms with Crippen molar-refractivity contribution < 1.29 is 0 Å². The molecule has 0 spiro atoms. The maximum Gasteiger partial charge on any atom is 0.264 e. The van der Waals surface area contributed by atoms with Crippen LogP contribution in [0.4, 0.5) is 0 Å². The van der Waals surface area contributed by atoms with Crippen molar-refractivity contribution in [3.05, 3.63) is 30.2 Å². The average Bonchev–Trinajstić information content (AvgIpc) is 2.67. The van der Waals surface area contributed by atoms with Crippen molar-refractivity contribution in [3.63, 3.8) is 0 Å². The molecule has 0 saturated heterocycles. The molecule has 2 rings (SSSR count). The molecule has 0 bridgehead atoms. The lowest BCUT2D eigenvalue weighted by molar-refractivity contribution is 0.562. The first kappa shape index (κ1) is 14.0. The summed E-state index contributed by atoms with van der Waals surface area (Å²) in [5.41, 5.74) is 0.436. The molecule has 2 aromatic rings. The summed E-state index contributed by atoms with van der Waals surface area (Å²) in [5, 5.41) is 0.624. The molecule has 0 aliphatic heterocycles. The molecule has 0 fully saturated rings. The van der Waals surface area contributed by atoms with Crippen LogP contribution < -0.4 is 5.56 Å². The first-order valence-corrected chi connectivity index (χ1v) is 7.48. The number of hydrogen-bond donors (Lipinski definition) is 1. The lowest BCUT2D eigenvalue weighted by Gasteiger charge is -2.19. The standard InChI is InChI=1S/C11H11ClIN3OS/c1-11(2,3)7-6(13)9(17)16-8(15-7)10-14-4-5(12)18-10/h4H,1-3H3,(H,15,16,17). The molecule has 1 N–H and O–H groups in total. The molecule has 2 heterocycles. The van der Waals surface area contributed by atoms with Crippen molar-refractivity contribution in [1.29, 1.82) is 0 Å². The van der Waals surface area contributed by atoms with Gasteiger partial charge in [0.2, 0.25) is 0 Å². The highest BCUT2D eigenvalue weighted by atomic mass is 127. The van der Waals surface area contributed by atoms with Crippen molar-refractivity contribution in [2.24, 2.45) is 0 Å². The minimum Gasteiger partial charge on any atom is -0.304 e. The zero-order valence-electron chi connectivity index (χ0n) is 10.0. The molecule has 0 aliphatic carbocycles. The van der Waals surface area contributed by atoms with Crippen molar-refractivity contribution in [2.75, 3.05) is 0 Å². The van der Waals surface area contributed by atoms with Crippen molar-refractivity contribution in [3.8, 4) is 10.8 Å². The number of thiazole rings is 1. The molecule has 4 nitrogen and oxygen atoms in total. The van der Waals surface area contributed by atoms with E-state index in [1.54, 1.807) is 6.20 Å². The molecule has 0 aliphatic rings. The van der Waals surface area contributed by atoms with Gasteiger partial charge in [0, 0.05) is 5.41 Å². The molecule has 0 amide bonds. The number of H-pyrrole nitrogens is 1. The normalized spacial score (nSPS) is 11.8. The highest BCUT2D eigenvalue weighted by Crippen LogP contribution is 2.28. The van der Waals surface area contributed by atoms with E-state index in [1.807, 2.05) is 43.4 Å². The number of rotatable bonds is 1. The van der Waals surface area contributed by atoms with E-state index >= 15 is 0 Å². The molecule has 0 radical (unpaired) electrons. The van der Waals surface area contributed by atoms with E-state index in [-0.39, 0.29) is 11.0 Å². The fourth-order valence-corrected chi connectivity index (χ4v) is 3.34. The predicted octanol–water partition coefficient (Wildman–Crippen LogP) is 3.45. The van der Waals surface area contributed by atoms with E-state index < -0.39 is 0 Å². The van der Waals surface area contributed by atoms with Gasteiger partial charge in [-0.25, -0.2) is 9.97 Å². The van der Waals surface area contributed by atoms with Gasteiger partial charge in [-0.2, -0.15) is 0 Å².